The lowest BCUT2D eigenvalue weighted by Gasteiger charge is -1.99. The van der Waals surface area contributed by atoms with Crippen molar-refractivity contribution in [3.05, 3.63) is 41.5 Å². The molecular weight excluding hydrogens is 309 g/mol. The number of halogens is 1. The fourth-order valence-corrected chi connectivity index (χ4v) is 2.93. The number of carbonyl (C=O) groups is 1. The second-order valence-corrected chi connectivity index (χ2v) is 5.28. The van der Waals surface area contributed by atoms with Gasteiger partial charge in [-0.1, -0.05) is 0 Å². The van der Waals surface area contributed by atoms with E-state index < -0.39 is 23.2 Å². The molecule has 0 radical (unpaired) electrons. The Morgan fingerprint density at radius 3 is 2.55 bits per heavy atom. The van der Waals surface area contributed by atoms with E-state index in [1.165, 1.54) is 24.3 Å². The number of pyridine rings is 1. The molecule has 0 bridgehead atoms. The fourth-order valence-electron chi connectivity index (χ4n) is 1.91. The summed E-state index contributed by atoms with van der Waals surface area (Å²) in [6.07, 6.45) is 0. The van der Waals surface area contributed by atoms with Crippen molar-refractivity contribution < 1.29 is 19.4 Å². The average Bonchev–Trinajstić information content (AvgIpc) is 2.94. The first-order valence-corrected chi connectivity index (χ1v) is 6.75. The highest BCUT2D eigenvalue weighted by atomic mass is 32.1. The van der Waals surface area contributed by atoms with E-state index in [4.69, 9.17) is 10.4 Å². The van der Waals surface area contributed by atoms with Gasteiger partial charge in [0.05, 0.1) is 0 Å². The second-order valence-electron chi connectivity index (χ2n) is 4.28. The number of aromatic hydroxyl groups is 1. The molecule has 8 heteroatoms. The predicted octanol–water partition coefficient (Wildman–Crippen LogP) is 2.77. The molecule has 0 aliphatic carbocycles. The van der Waals surface area contributed by atoms with Crippen molar-refractivity contribution in [1.82, 2.24) is 9.97 Å². The summed E-state index contributed by atoms with van der Waals surface area (Å²) < 4.78 is 13.1. The standard InChI is InChI=1S/C14H6FN3O3S/c15-7-3-1-6(2-4-7)13-18-9-8(5-16)17-10(14(20)21)11(19)12(9)22-13/h1-4,19H,(H,20,21). The quantitative estimate of drug-likeness (QED) is 0.753. The maximum Gasteiger partial charge on any atom is 0.358 e. The SMILES string of the molecule is N#Cc1nc(C(=O)O)c(O)c2sc(-c3ccc(F)cc3)nc12. The molecule has 0 spiro atoms. The number of nitriles is 1. The van der Waals surface area contributed by atoms with Gasteiger partial charge >= 0.3 is 5.97 Å². The molecule has 0 aliphatic heterocycles. The lowest BCUT2D eigenvalue weighted by molar-refractivity contribution is 0.0687. The molecule has 0 saturated heterocycles. The number of hydrogen-bond donors (Lipinski definition) is 2. The van der Waals surface area contributed by atoms with Crippen LogP contribution in [0.2, 0.25) is 0 Å². The third-order valence-electron chi connectivity index (χ3n) is 2.91. The molecule has 22 heavy (non-hydrogen) atoms. The summed E-state index contributed by atoms with van der Waals surface area (Å²) in [5.74, 6) is -2.37. The molecule has 0 saturated carbocycles. The Bertz CT molecular complexity index is 945. The van der Waals surface area contributed by atoms with E-state index in [0.717, 1.165) is 11.3 Å². The number of benzene rings is 1. The number of thiazole rings is 1. The Morgan fingerprint density at radius 2 is 1.95 bits per heavy atom. The van der Waals surface area contributed by atoms with Gasteiger partial charge < -0.3 is 10.2 Å². The van der Waals surface area contributed by atoms with Crippen molar-refractivity contribution in [3.63, 3.8) is 0 Å². The van der Waals surface area contributed by atoms with Crippen LogP contribution in [0, 0.1) is 17.1 Å². The van der Waals surface area contributed by atoms with Gasteiger partial charge in [-0.05, 0) is 24.3 Å². The number of aromatic nitrogens is 2. The van der Waals surface area contributed by atoms with Crippen molar-refractivity contribution in [3.8, 4) is 22.4 Å². The molecule has 2 N–H and O–H groups in total. The second kappa shape index (κ2) is 5.05. The molecule has 2 heterocycles. The Balaban J connectivity index is 2.29. The molecule has 0 amide bonds. The number of nitrogens with zero attached hydrogens (tertiary/aromatic N) is 3. The smallest absolute Gasteiger partial charge is 0.358 e. The van der Waals surface area contributed by atoms with Crippen LogP contribution in [0.15, 0.2) is 24.3 Å². The summed E-state index contributed by atoms with van der Waals surface area (Å²) in [5, 5.41) is 28.5. The predicted molar refractivity (Wildman–Crippen MR) is 76.1 cm³/mol. The highest BCUT2D eigenvalue weighted by Gasteiger charge is 2.22. The lowest BCUT2D eigenvalue weighted by atomic mass is 10.2. The maximum absolute atomic E-state index is 13.0. The monoisotopic (exact) mass is 315 g/mol. The van der Waals surface area contributed by atoms with Crippen LogP contribution in [0.4, 0.5) is 4.39 Å². The van der Waals surface area contributed by atoms with Crippen LogP contribution in [0.5, 0.6) is 5.75 Å². The van der Waals surface area contributed by atoms with E-state index in [1.807, 2.05) is 0 Å². The molecule has 0 fully saturated rings. The summed E-state index contributed by atoms with van der Waals surface area (Å²) in [6.45, 7) is 0. The third kappa shape index (κ3) is 2.13. The summed E-state index contributed by atoms with van der Waals surface area (Å²) in [6, 6.07) is 7.28. The van der Waals surface area contributed by atoms with Crippen molar-refractivity contribution in [2.24, 2.45) is 0 Å². The highest BCUT2D eigenvalue weighted by Crippen LogP contribution is 2.37. The zero-order valence-electron chi connectivity index (χ0n) is 10.7. The fraction of sp³-hybridized carbons (Fsp3) is 0. The number of rotatable bonds is 2. The van der Waals surface area contributed by atoms with E-state index in [2.05, 4.69) is 9.97 Å². The van der Waals surface area contributed by atoms with Crippen molar-refractivity contribution >= 4 is 27.5 Å². The first-order chi connectivity index (χ1) is 10.5. The summed E-state index contributed by atoms with van der Waals surface area (Å²) in [7, 11) is 0. The Morgan fingerprint density at radius 1 is 1.27 bits per heavy atom. The normalized spacial score (nSPS) is 10.5. The number of fused-ring (bicyclic) bond motifs is 1. The van der Waals surface area contributed by atoms with E-state index in [1.54, 1.807) is 6.07 Å². The number of carboxylic acids is 1. The van der Waals surface area contributed by atoms with Gasteiger partial charge in [-0.25, -0.2) is 19.2 Å². The van der Waals surface area contributed by atoms with Crippen LogP contribution in [0.1, 0.15) is 16.2 Å². The van der Waals surface area contributed by atoms with Gasteiger partial charge in [0.2, 0.25) is 0 Å². The molecule has 6 nitrogen and oxygen atoms in total. The molecule has 3 aromatic rings. The largest absolute Gasteiger partial charge is 0.504 e. The van der Waals surface area contributed by atoms with E-state index in [-0.39, 0.29) is 15.9 Å². The molecule has 1 aromatic carbocycles. The van der Waals surface area contributed by atoms with E-state index in [0.29, 0.717) is 10.6 Å². The van der Waals surface area contributed by atoms with E-state index >= 15 is 0 Å². The van der Waals surface area contributed by atoms with Gasteiger partial charge in [0.1, 0.15) is 27.1 Å². The molecule has 0 unspecified atom stereocenters. The minimum absolute atomic E-state index is 0.120. The van der Waals surface area contributed by atoms with Crippen LogP contribution in [-0.2, 0) is 0 Å². The summed E-state index contributed by atoms with van der Waals surface area (Å²) >= 11 is 1.01. The molecule has 0 aliphatic rings. The van der Waals surface area contributed by atoms with Gasteiger partial charge in [-0.2, -0.15) is 5.26 Å². The minimum Gasteiger partial charge on any atom is -0.504 e. The first kappa shape index (κ1) is 13.9. The summed E-state index contributed by atoms with van der Waals surface area (Å²) in [4.78, 5) is 18.9. The molecule has 108 valence electrons. The van der Waals surface area contributed by atoms with Crippen molar-refractivity contribution in [2.75, 3.05) is 0 Å². The van der Waals surface area contributed by atoms with Crippen LogP contribution in [-0.4, -0.2) is 26.2 Å². The Labute approximate surface area is 126 Å². The van der Waals surface area contributed by atoms with Crippen LogP contribution >= 0.6 is 11.3 Å². The van der Waals surface area contributed by atoms with Gasteiger partial charge in [0.25, 0.3) is 0 Å². The van der Waals surface area contributed by atoms with Crippen molar-refractivity contribution in [1.29, 1.82) is 5.26 Å². The van der Waals surface area contributed by atoms with Gasteiger partial charge in [-0.3, -0.25) is 0 Å². The lowest BCUT2D eigenvalue weighted by Crippen LogP contribution is -2.02. The van der Waals surface area contributed by atoms with Crippen LogP contribution in [0.25, 0.3) is 20.8 Å². The van der Waals surface area contributed by atoms with Gasteiger partial charge in [0.15, 0.2) is 17.1 Å². The topological polar surface area (TPSA) is 107 Å². The Hall–Kier alpha value is -3.05. The molecule has 0 atom stereocenters. The van der Waals surface area contributed by atoms with Gasteiger partial charge in [-0.15, -0.1) is 11.3 Å². The van der Waals surface area contributed by atoms with Crippen LogP contribution < -0.4 is 0 Å². The van der Waals surface area contributed by atoms with Gasteiger partial charge in [0, 0.05) is 5.56 Å². The maximum atomic E-state index is 13.0. The molecule has 3 rings (SSSR count). The number of hydrogen-bond acceptors (Lipinski definition) is 6. The molecular formula is C14H6FN3O3S. The average molecular weight is 315 g/mol. The first-order valence-electron chi connectivity index (χ1n) is 5.94. The molecule has 2 aromatic heterocycles. The number of carboxylic acid groups (broad SMARTS) is 1. The Kier molecular flexibility index (Phi) is 3.19. The third-order valence-corrected chi connectivity index (χ3v) is 4.03. The zero-order chi connectivity index (χ0) is 15.9. The highest BCUT2D eigenvalue weighted by molar-refractivity contribution is 7.22. The van der Waals surface area contributed by atoms with E-state index in [9.17, 15) is 14.3 Å². The zero-order valence-corrected chi connectivity index (χ0v) is 11.6. The van der Waals surface area contributed by atoms with Crippen LogP contribution in [0.3, 0.4) is 0 Å². The minimum atomic E-state index is -1.44. The van der Waals surface area contributed by atoms with Crippen molar-refractivity contribution in [2.45, 2.75) is 0 Å². The summed E-state index contributed by atoms with van der Waals surface area (Å²) in [5.41, 5.74) is -0.0785. The number of aromatic carboxylic acids is 1.